The van der Waals surface area contributed by atoms with Gasteiger partial charge in [0.2, 0.25) is 5.91 Å². The number of aliphatic hydroxyl groups excluding tert-OH is 2. The number of nitrogens with one attached hydrogen (secondary N) is 1. The molecule has 0 aliphatic carbocycles. The van der Waals surface area contributed by atoms with Crippen molar-refractivity contribution in [2.45, 2.75) is 366 Å². The second-order valence-corrected chi connectivity index (χ2v) is 22.4. The third-order valence-electron chi connectivity index (χ3n) is 15.1. The van der Waals surface area contributed by atoms with E-state index in [4.69, 9.17) is 4.74 Å². The molecule has 0 aromatic carbocycles. The van der Waals surface area contributed by atoms with Gasteiger partial charge < -0.3 is 20.3 Å². The van der Waals surface area contributed by atoms with Gasteiger partial charge in [0.15, 0.2) is 0 Å². The van der Waals surface area contributed by atoms with Crippen molar-refractivity contribution in [2.24, 2.45) is 0 Å². The van der Waals surface area contributed by atoms with Gasteiger partial charge in [-0.15, -0.1) is 0 Å². The van der Waals surface area contributed by atoms with Gasteiger partial charge in [0.1, 0.15) is 0 Å². The van der Waals surface area contributed by atoms with Gasteiger partial charge >= 0.3 is 5.97 Å². The van der Waals surface area contributed by atoms with Gasteiger partial charge in [-0.05, 0) is 83.5 Å². The van der Waals surface area contributed by atoms with E-state index in [1.54, 1.807) is 6.08 Å². The van der Waals surface area contributed by atoms with E-state index in [2.05, 4.69) is 43.5 Å². The van der Waals surface area contributed by atoms with E-state index in [-0.39, 0.29) is 18.5 Å². The van der Waals surface area contributed by atoms with Crippen molar-refractivity contribution >= 4 is 11.9 Å². The average Bonchev–Trinajstić information content (AvgIpc) is 3.39. The molecule has 2 unspecified atom stereocenters. The van der Waals surface area contributed by atoms with Crippen LogP contribution in [0.25, 0.3) is 0 Å². The molecular formula is C67H127NO5. The van der Waals surface area contributed by atoms with Gasteiger partial charge in [-0.1, -0.05) is 294 Å². The van der Waals surface area contributed by atoms with E-state index in [0.717, 1.165) is 44.9 Å². The van der Waals surface area contributed by atoms with Crippen molar-refractivity contribution < 1.29 is 24.5 Å². The molecule has 6 heteroatoms. The molecular weight excluding hydrogens is 899 g/mol. The van der Waals surface area contributed by atoms with Crippen LogP contribution >= 0.6 is 0 Å². The van der Waals surface area contributed by atoms with E-state index in [9.17, 15) is 19.8 Å². The Morgan fingerprint density at radius 1 is 0.370 bits per heavy atom. The van der Waals surface area contributed by atoms with Crippen LogP contribution in [0.15, 0.2) is 36.5 Å². The number of hydrogen-bond donors (Lipinski definition) is 3. The Labute approximate surface area is 455 Å². The van der Waals surface area contributed by atoms with Crippen LogP contribution in [0.1, 0.15) is 354 Å². The largest absolute Gasteiger partial charge is 0.466 e. The SMILES string of the molecule is CCCCCCC/C=C\CCCCCCCC(=O)OCCCCCCCCCCCCCC/C=C\CCCCCCCCCCCCCCCCC(=O)NC(CO)C(O)/C=C/CCCCCCCCCCCC. The first-order valence-electron chi connectivity index (χ1n) is 32.8. The predicted octanol–water partition coefficient (Wildman–Crippen LogP) is 20.8. The second-order valence-electron chi connectivity index (χ2n) is 22.4. The van der Waals surface area contributed by atoms with Crippen molar-refractivity contribution in [1.29, 1.82) is 0 Å². The molecule has 0 aromatic rings. The molecule has 0 aliphatic heterocycles. The number of ether oxygens (including phenoxy) is 1. The lowest BCUT2D eigenvalue weighted by Gasteiger charge is -2.20. The molecule has 430 valence electrons. The number of unbranched alkanes of at least 4 members (excludes halogenated alkanes) is 46. The highest BCUT2D eigenvalue weighted by molar-refractivity contribution is 5.76. The third-order valence-corrected chi connectivity index (χ3v) is 15.1. The lowest BCUT2D eigenvalue weighted by molar-refractivity contribution is -0.143. The van der Waals surface area contributed by atoms with Crippen LogP contribution in [0.2, 0.25) is 0 Å². The smallest absolute Gasteiger partial charge is 0.305 e. The molecule has 0 bridgehead atoms. The molecule has 73 heavy (non-hydrogen) atoms. The summed E-state index contributed by atoms with van der Waals surface area (Å²) >= 11 is 0. The van der Waals surface area contributed by atoms with Crippen LogP contribution in [-0.4, -0.2) is 47.4 Å². The maximum atomic E-state index is 12.4. The van der Waals surface area contributed by atoms with Gasteiger partial charge in [0.05, 0.1) is 25.4 Å². The monoisotopic (exact) mass is 1030 g/mol. The number of rotatable bonds is 61. The molecule has 0 saturated carbocycles. The molecule has 3 N–H and O–H groups in total. The minimum Gasteiger partial charge on any atom is -0.466 e. The van der Waals surface area contributed by atoms with Gasteiger partial charge in [0.25, 0.3) is 0 Å². The Morgan fingerprint density at radius 2 is 0.644 bits per heavy atom. The van der Waals surface area contributed by atoms with Crippen LogP contribution in [0, 0.1) is 0 Å². The maximum Gasteiger partial charge on any atom is 0.305 e. The average molecular weight is 1030 g/mol. The van der Waals surface area contributed by atoms with E-state index in [0.29, 0.717) is 19.4 Å². The number of carbonyl (C=O) groups excluding carboxylic acids is 2. The maximum absolute atomic E-state index is 12.4. The summed E-state index contributed by atoms with van der Waals surface area (Å²) in [4.78, 5) is 24.5. The van der Waals surface area contributed by atoms with Gasteiger partial charge in [-0.2, -0.15) is 0 Å². The Morgan fingerprint density at radius 3 is 0.973 bits per heavy atom. The second kappa shape index (κ2) is 62.6. The van der Waals surface area contributed by atoms with Gasteiger partial charge in [-0.25, -0.2) is 0 Å². The molecule has 2 atom stereocenters. The van der Waals surface area contributed by atoms with Gasteiger partial charge in [-0.3, -0.25) is 9.59 Å². The number of esters is 1. The van der Waals surface area contributed by atoms with E-state index in [1.807, 2.05) is 6.08 Å². The first-order valence-corrected chi connectivity index (χ1v) is 32.8. The molecule has 0 aliphatic rings. The van der Waals surface area contributed by atoms with Crippen LogP contribution in [-0.2, 0) is 14.3 Å². The molecule has 0 radical (unpaired) electrons. The van der Waals surface area contributed by atoms with Crippen molar-refractivity contribution in [3.05, 3.63) is 36.5 Å². The summed E-state index contributed by atoms with van der Waals surface area (Å²) in [5.41, 5.74) is 0. The fourth-order valence-electron chi connectivity index (χ4n) is 10.1. The highest BCUT2D eigenvalue weighted by Gasteiger charge is 2.18. The molecule has 0 saturated heterocycles. The Balaban J connectivity index is 3.37. The quantitative estimate of drug-likeness (QED) is 0.0320. The molecule has 0 aromatic heterocycles. The summed E-state index contributed by atoms with van der Waals surface area (Å²) in [6.45, 7) is 4.90. The summed E-state index contributed by atoms with van der Waals surface area (Å²) in [6, 6.07) is -0.626. The van der Waals surface area contributed by atoms with E-state index in [1.165, 1.54) is 283 Å². The van der Waals surface area contributed by atoms with Gasteiger partial charge in [0, 0.05) is 12.8 Å². The van der Waals surface area contributed by atoms with Crippen LogP contribution < -0.4 is 5.32 Å². The Bertz CT molecular complexity index is 1180. The first-order chi connectivity index (χ1) is 36.0. The fraction of sp³-hybridized carbons (Fsp3) is 0.881. The lowest BCUT2D eigenvalue weighted by Crippen LogP contribution is -2.45. The Kier molecular flexibility index (Phi) is 61.0. The van der Waals surface area contributed by atoms with E-state index >= 15 is 0 Å². The minimum absolute atomic E-state index is 0.00824. The highest BCUT2D eigenvalue weighted by atomic mass is 16.5. The lowest BCUT2D eigenvalue weighted by atomic mass is 10.0. The minimum atomic E-state index is -0.842. The van der Waals surface area contributed by atoms with Crippen molar-refractivity contribution in [3.63, 3.8) is 0 Å². The normalized spacial score (nSPS) is 12.8. The predicted molar refractivity (Wildman–Crippen MR) is 319 cm³/mol. The van der Waals surface area contributed by atoms with Crippen molar-refractivity contribution in [1.82, 2.24) is 5.32 Å². The number of amides is 1. The topological polar surface area (TPSA) is 95.9 Å². The van der Waals surface area contributed by atoms with Crippen LogP contribution in [0.4, 0.5) is 0 Å². The zero-order chi connectivity index (χ0) is 52.9. The third kappa shape index (κ3) is 59.2. The Hall–Kier alpha value is -1.92. The van der Waals surface area contributed by atoms with Crippen LogP contribution in [0.5, 0.6) is 0 Å². The zero-order valence-electron chi connectivity index (χ0n) is 49.1. The van der Waals surface area contributed by atoms with Crippen LogP contribution in [0.3, 0.4) is 0 Å². The number of aliphatic hydroxyl groups is 2. The molecule has 0 rings (SSSR count). The standard InChI is InChI=1S/C67H127NO5/c1-3-5-7-9-11-13-15-17-37-41-45-49-53-57-61-67(72)73-62-58-54-50-46-42-38-35-33-31-29-27-25-23-21-19-18-20-22-24-26-28-30-32-34-36-40-44-48-52-56-60-66(71)68-64(63-69)65(70)59-55-51-47-43-39-16-14-12-10-8-6-4-2/h15,17,19,21,55,59,64-65,69-70H,3-14,16,18,20,22-54,56-58,60-63H2,1-2H3,(H,68,71)/b17-15-,21-19-,59-55+. The molecule has 6 nitrogen and oxygen atoms in total. The highest BCUT2D eigenvalue weighted by Crippen LogP contribution is 2.17. The zero-order valence-corrected chi connectivity index (χ0v) is 49.1. The number of hydrogen-bond acceptors (Lipinski definition) is 5. The molecule has 0 spiro atoms. The van der Waals surface area contributed by atoms with Crippen molar-refractivity contribution in [3.8, 4) is 0 Å². The molecule has 1 amide bonds. The first kappa shape index (κ1) is 71.1. The molecule has 0 heterocycles. The summed E-state index contributed by atoms with van der Waals surface area (Å²) < 4.78 is 5.48. The summed E-state index contributed by atoms with van der Waals surface area (Å²) in [5.74, 6) is -0.0581. The summed E-state index contributed by atoms with van der Waals surface area (Å²) in [6.07, 6.45) is 79.2. The summed E-state index contributed by atoms with van der Waals surface area (Å²) in [5, 5.41) is 23.1. The molecule has 0 fully saturated rings. The fourth-order valence-corrected chi connectivity index (χ4v) is 10.1. The number of allylic oxidation sites excluding steroid dienone is 5. The van der Waals surface area contributed by atoms with Crippen molar-refractivity contribution in [2.75, 3.05) is 13.2 Å². The van der Waals surface area contributed by atoms with E-state index < -0.39 is 12.1 Å². The summed E-state index contributed by atoms with van der Waals surface area (Å²) in [7, 11) is 0. The number of carbonyl (C=O) groups is 2.